The largest absolute Gasteiger partial charge is 0.493 e. The van der Waals surface area contributed by atoms with Crippen LogP contribution in [0.2, 0.25) is 0 Å². The number of hydrogen-bond donors (Lipinski definition) is 2. The summed E-state index contributed by atoms with van der Waals surface area (Å²) in [5.41, 5.74) is 1.48. The summed E-state index contributed by atoms with van der Waals surface area (Å²) in [5, 5.41) is 11.9. The maximum atomic E-state index is 12.8. The predicted octanol–water partition coefficient (Wildman–Crippen LogP) is 3.64. The van der Waals surface area contributed by atoms with Crippen molar-refractivity contribution in [1.29, 1.82) is 0 Å². The molecular formula is C27H23NO8. The van der Waals surface area contributed by atoms with Crippen LogP contribution in [0.1, 0.15) is 27.5 Å². The maximum Gasteiger partial charge on any atom is 0.330 e. The van der Waals surface area contributed by atoms with E-state index in [0.29, 0.717) is 28.2 Å². The highest BCUT2D eigenvalue weighted by atomic mass is 16.5. The molecule has 0 spiro atoms. The van der Waals surface area contributed by atoms with E-state index in [2.05, 4.69) is 5.32 Å². The number of carbonyl (C=O) groups is 3. The first-order valence-electron chi connectivity index (χ1n) is 10.9. The number of methoxy groups -OCH3 is 2. The molecule has 3 aromatic rings. The van der Waals surface area contributed by atoms with Crippen molar-refractivity contribution in [2.75, 3.05) is 20.8 Å². The lowest BCUT2D eigenvalue weighted by molar-refractivity contribution is -0.142. The Morgan fingerprint density at radius 3 is 2.44 bits per heavy atom. The molecule has 0 aliphatic carbocycles. The Labute approximate surface area is 206 Å². The van der Waals surface area contributed by atoms with Crippen LogP contribution >= 0.6 is 0 Å². The average molecular weight is 489 g/mol. The van der Waals surface area contributed by atoms with Gasteiger partial charge in [-0.05, 0) is 41.5 Å². The third-order valence-electron chi connectivity index (χ3n) is 5.40. The summed E-state index contributed by atoms with van der Waals surface area (Å²) < 4.78 is 21.8. The molecule has 36 heavy (non-hydrogen) atoms. The number of ketones is 1. The number of amides is 1. The highest BCUT2D eigenvalue weighted by Crippen LogP contribution is 2.36. The minimum Gasteiger partial charge on any atom is -0.493 e. The van der Waals surface area contributed by atoms with Crippen molar-refractivity contribution in [2.24, 2.45) is 0 Å². The minimum atomic E-state index is -1.20. The lowest BCUT2D eigenvalue weighted by Crippen LogP contribution is -2.36. The van der Waals surface area contributed by atoms with Crippen molar-refractivity contribution in [2.45, 2.75) is 6.04 Å². The fraction of sp³-hybridized carbons (Fsp3) is 0.148. The molecule has 9 nitrogen and oxygen atoms in total. The molecule has 0 unspecified atom stereocenters. The SMILES string of the molecule is COc1ccc(C=C2Oc3cc(OCC(=O)N[C@@H](C(=O)O)c4ccccc4)ccc3C2=O)cc1OC. The van der Waals surface area contributed by atoms with E-state index in [4.69, 9.17) is 18.9 Å². The molecule has 1 aliphatic rings. The first kappa shape index (κ1) is 24.3. The van der Waals surface area contributed by atoms with Crippen LogP contribution in [-0.2, 0) is 9.59 Å². The number of carbonyl (C=O) groups excluding carboxylic acids is 2. The third kappa shape index (κ3) is 5.30. The highest BCUT2D eigenvalue weighted by Gasteiger charge is 2.28. The van der Waals surface area contributed by atoms with Crippen LogP contribution in [-0.4, -0.2) is 43.6 Å². The molecule has 0 saturated heterocycles. The van der Waals surface area contributed by atoms with E-state index in [1.54, 1.807) is 66.7 Å². The van der Waals surface area contributed by atoms with E-state index in [0.717, 1.165) is 0 Å². The summed E-state index contributed by atoms with van der Waals surface area (Å²) in [6.07, 6.45) is 1.59. The van der Waals surface area contributed by atoms with Crippen molar-refractivity contribution in [3.63, 3.8) is 0 Å². The van der Waals surface area contributed by atoms with Crippen LogP contribution in [0.4, 0.5) is 0 Å². The monoisotopic (exact) mass is 489 g/mol. The molecule has 0 radical (unpaired) electrons. The van der Waals surface area contributed by atoms with Crippen LogP contribution in [0.15, 0.2) is 72.5 Å². The zero-order valence-corrected chi connectivity index (χ0v) is 19.5. The number of allylic oxidation sites excluding steroid dienone is 1. The molecule has 0 saturated carbocycles. The molecule has 9 heteroatoms. The van der Waals surface area contributed by atoms with Gasteiger partial charge in [0.2, 0.25) is 5.78 Å². The molecule has 1 atom stereocenters. The number of nitrogens with one attached hydrogen (secondary N) is 1. The van der Waals surface area contributed by atoms with E-state index >= 15 is 0 Å². The molecule has 0 bridgehead atoms. The predicted molar refractivity (Wildman–Crippen MR) is 129 cm³/mol. The second kappa shape index (κ2) is 10.6. The summed E-state index contributed by atoms with van der Waals surface area (Å²) in [5.74, 6) is -0.318. The Morgan fingerprint density at radius 2 is 1.75 bits per heavy atom. The number of rotatable bonds is 9. The number of aliphatic carboxylic acids is 1. The number of carboxylic acids is 1. The fourth-order valence-corrected chi connectivity index (χ4v) is 3.64. The van der Waals surface area contributed by atoms with Crippen LogP contribution in [0.5, 0.6) is 23.0 Å². The highest BCUT2D eigenvalue weighted by molar-refractivity contribution is 6.14. The number of benzene rings is 3. The Hall–Kier alpha value is -4.79. The summed E-state index contributed by atoms with van der Waals surface area (Å²) in [7, 11) is 3.06. The van der Waals surface area contributed by atoms with Gasteiger partial charge in [-0.1, -0.05) is 36.4 Å². The Morgan fingerprint density at radius 1 is 1.00 bits per heavy atom. The number of ether oxygens (including phenoxy) is 4. The van der Waals surface area contributed by atoms with Crippen molar-refractivity contribution < 1.29 is 38.4 Å². The van der Waals surface area contributed by atoms with E-state index < -0.39 is 24.5 Å². The number of hydrogen-bond acceptors (Lipinski definition) is 7. The first-order valence-corrected chi connectivity index (χ1v) is 10.9. The fourth-order valence-electron chi connectivity index (χ4n) is 3.64. The molecule has 1 aliphatic heterocycles. The van der Waals surface area contributed by atoms with Crippen molar-refractivity contribution in [3.8, 4) is 23.0 Å². The smallest absolute Gasteiger partial charge is 0.330 e. The first-order chi connectivity index (χ1) is 17.4. The standard InChI is InChI=1S/C27H23NO8/c1-33-20-11-8-16(12-22(20)34-2)13-23-26(30)19-10-9-18(14-21(19)36-23)35-15-24(29)28-25(27(31)32)17-6-4-3-5-7-17/h3-14,25H,15H2,1-2H3,(H,28,29)(H,31,32)/t25-/m1/s1. The number of fused-ring (bicyclic) bond motifs is 1. The molecule has 2 N–H and O–H groups in total. The van der Waals surface area contributed by atoms with Crippen molar-refractivity contribution in [3.05, 3.63) is 89.2 Å². The number of carboxylic acid groups (broad SMARTS) is 1. The molecule has 4 rings (SSSR count). The van der Waals surface area contributed by atoms with Crippen LogP contribution < -0.4 is 24.3 Å². The minimum absolute atomic E-state index is 0.124. The van der Waals surface area contributed by atoms with Crippen LogP contribution in [0.25, 0.3) is 6.08 Å². The van der Waals surface area contributed by atoms with Gasteiger partial charge in [-0.15, -0.1) is 0 Å². The molecule has 0 fully saturated rings. The third-order valence-corrected chi connectivity index (χ3v) is 5.40. The zero-order chi connectivity index (χ0) is 25.7. The Balaban J connectivity index is 1.42. The van der Waals surface area contributed by atoms with Crippen LogP contribution in [0, 0.1) is 0 Å². The van der Waals surface area contributed by atoms with Gasteiger partial charge in [-0.2, -0.15) is 0 Å². The number of Topliss-reactive ketones (excluding diaryl/α,β-unsaturated/α-hetero) is 1. The summed E-state index contributed by atoms with van der Waals surface area (Å²) in [6, 6.07) is 17.0. The molecule has 1 heterocycles. The van der Waals surface area contributed by atoms with Gasteiger partial charge in [-0.25, -0.2) is 4.79 Å². The van der Waals surface area contributed by atoms with Gasteiger partial charge in [0.15, 0.2) is 29.9 Å². The van der Waals surface area contributed by atoms with Crippen molar-refractivity contribution in [1.82, 2.24) is 5.32 Å². The van der Waals surface area contributed by atoms with Crippen LogP contribution in [0.3, 0.4) is 0 Å². The van der Waals surface area contributed by atoms with Gasteiger partial charge in [-0.3, -0.25) is 9.59 Å². The normalized spacial score (nSPS) is 13.9. The topological polar surface area (TPSA) is 120 Å². The molecule has 184 valence electrons. The van der Waals surface area contributed by atoms with Crippen molar-refractivity contribution >= 4 is 23.7 Å². The molecule has 3 aromatic carbocycles. The van der Waals surface area contributed by atoms with Gasteiger partial charge in [0, 0.05) is 6.07 Å². The van der Waals surface area contributed by atoms with E-state index in [1.807, 2.05) is 0 Å². The van der Waals surface area contributed by atoms with Gasteiger partial charge in [0.1, 0.15) is 11.5 Å². The molecular weight excluding hydrogens is 466 g/mol. The summed E-state index contributed by atoms with van der Waals surface area (Å²) in [6.45, 7) is -0.419. The van der Waals surface area contributed by atoms with E-state index in [-0.39, 0.29) is 23.0 Å². The summed E-state index contributed by atoms with van der Waals surface area (Å²) >= 11 is 0. The summed E-state index contributed by atoms with van der Waals surface area (Å²) in [4.78, 5) is 36.7. The quantitative estimate of drug-likeness (QED) is 0.437. The van der Waals surface area contributed by atoms with Gasteiger partial charge in [0.25, 0.3) is 5.91 Å². The lowest BCUT2D eigenvalue weighted by atomic mass is 10.1. The van der Waals surface area contributed by atoms with Gasteiger partial charge in [0.05, 0.1) is 19.8 Å². The van der Waals surface area contributed by atoms with Gasteiger partial charge < -0.3 is 29.4 Å². The average Bonchev–Trinajstić information content (AvgIpc) is 3.20. The lowest BCUT2D eigenvalue weighted by Gasteiger charge is -2.15. The van der Waals surface area contributed by atoms with Gasteiger partial charge >= 0.3 is 5.97 Å². The van der Waals surface area contributed by atoms with E-state index in [9.17, 15) is 19.5 Å². The maximum absolute atomic E-state index is 12.8. The second-order valence-electron chi connectivity index (χ2n) is 7.75. The Bertz CT molecular complexity index is 1330. The molecule has 1 amide bonds. The Kier molecular flexibility index (Phi) is 7.20. The zero-order valence-electron chi connectivity index (χ0n) is 19.5. The molecule has 0 aromatic heterocycles. The van der Waals surface area contributed by atoms with E-state index in [1.165, 1.54) is 20.3 Å². The second-order valence-corrected chi connectivity index (χ2v) is 7.75.